The van der Waals surface area contributed by atoms with Crippen LogP contribution in [0.1, 0.15) is 0 Å². The Morgan fingerprint density at radius 2 is 1.28 bits per heavy atom. The molecule has 0 rings (SSSR count). The fourth-order valence-electron chi connectivity index (χ4n) is 2.09. The molecule has 0 saturated carbocycles. The highest BCUT2D eigenvalue weighted by atomic mass is 16.2. The Bertz CT molecular complexity index is 465. The first-order valence-electron chi connectivity index (χ1n) is 8.56. The topological polar surface area (TPSA) is 111 Å². The molecule has 0 atom stereocenters. The molecule has 4 amide bonds. The second kappa shape index (κ2) is 13.3. The first kappa shape index (κ1) is 23.0. The fraction of sp³-hybridized carbons (Fsp3) is 0.714. The van der Waals surface area contributed by atoms with Gasteiger partial charge in [-0.3, -0.25) is 19.2 Å². The SMILES string of the molecule is BCC(=O)N(CCNC(=O)CN(CCNC)C(=O)CB)CC(=O)NC. The van der Waals surface area contributed by atoms with E-state index in [0.29, 0.717) is 19.4 Å². The van der Waals surface area contributed by atoms with Crippen LogP contribution in [0.5, 0.6) is 0 Å². The van der Waals surface area contributed by atoms with E-state index < -0.39 is 0 Å². The van der Waals surface area contributed by atoms with Gasteiger partial charge in [-0.1, -0.05) is 0 Å². The van der Waals surface area contributed by atoms with E-state index in [0.717, 1.165) is 0 Å². The Morgan fingerprint density at radius 1 is 0.800 bits per heavy atom. The Morgan fingerprint density at radius 3 is 1.72 bits per heavy atom. The van der Waals surface area contributed by atoms with Crippen molar-refractivity contribution in [3.8, 4) is 0 Å². The van der Waals surface area contributed by atoms with E-state index in [-0.39, 0.29) is 56.1 Å². The van der Waals surface area contributed by atoms with Crippen molar-refractivity contribution in [1.82, 2.24) is 25.8 Å². The number of carbonyl (C=O) groups is 4. The van der Waals surface area contributed by atoms with Gasteiger partial charge in [0.05, 0.1) is 13.1 Å². The Balaban J connectivity index is 4.45. The van der Waals surface area contributed by atoms with Crippen LogP contribution in [0.4, 0.5) is 0 Å². The molecule has 0 aromatic heterocycles. The molecule has 0 aliphatic carbocycles. The van der Waals surface area contributed by atoms with Gasteiger partial charge in [0.2, 0.25) is 23.6 Å². The summed E-state index contributed by atoms with van der Waals surface area (Å²) in [5.41, 5.74) is 0. The van der Waals surface area contributed by atoms with E-state index in [2.05, 4.69) is 16.0 Å². The summed E-state index contributed by atoms with van der Waals surface area (Å²) >= 11 is 0. The van der Waals surface area contributed by atoms with Crippen molar-refractivity contribution >= 4 is 39.3 Å². The molecule has 0 saturated heterocycles. The highest BCUT2D eigenvalue weighted by molar-refractivity contribution is 6.20. The number of likely N-dealkylation sites (N-methyl/N-ethyl adjacent to an activating group) is 2. The molecule has 0 aliphatic rings. The molecule has 0 aliphatic heterocycles. The van der Waals surface area contributed by atoms with E-state index in [9.17, 15) is 19.2 Å². The van der Waals surface area contributed by atoms with Gasteiger partial charge in [0.15, 0.2) is 0 Å². The second-order valence-corrected chi connectivity index (χ2v) is 5.46. The van der Waals surface area contributed by atoms with Crippen LogP contribution in [0.15, 0.2) is 0 Å². The predicted molar refractivity (Wildman–Crippen MR) is 101 cm³/mol. The van der Waals surface area contributed by atoms with Gasteiger partial charge in [0.1, 0.15) is 15.7 Å². The number of hydrogen-bond donors (Lipinski definition) is 3. The van der Waals surface area contributed by atoms with Gasteiger partial charge in [0, 0.05) is 33.2 Å². The van der Waals surface area contributed by atoms with Crippen LogP contribution in [0.3, 0.4) is 0 Å². The van der Waals surface area contributed by atoms with E-state index in [1.807, 2.05) is 0 Å². The van der Waals surface area contributed by atoms with E-state index in [4.69, 9.17) is 0 Å². The van der Waals surface area contributed by atoms with Gasteiger partial charge in [-0.2, -0.15) is 0 Å². The van der Waals surface area contributed by atoms with Crippen molar-refractivity contribution in [1.29, 1.82) is 0 Å². The van der Waals surface area contributed by atoms with Gasteiger partial charge in [-0.25, -0.2) is 0 Å². The van der Waals surface area contributed by atoms with Gasteiger partial charge < -0.3 is 25.8 Å². The summed E-state index contributed by atoms with van der Waals surface area (Å²) < 4.78 is 0. The minimum atomic E-state index is -0.290. The van der Waals surface area contributed by atoms with Crippen LogP contribution in [-0.2, 0) is 19.2 Å². The van der Waals surface area contributed by atoms with Crippen molar-refractivity contribution in [3.63, 3.8) is 0 Å². The first-order chi connectivity index (χ1) is 11.9. The highest BCUT2D eigenvalue weighted by Crippen LogP contribution is 1.94. The molecule has 0 fully saturated rings. The van der Waals surface area contributed by atoms with E-state index in [1.165, 1.54) is 16.8 Å². The molecule has 0 spiro atoms. The van der Waals surface area contributed by atoms with Gasteiger partial charge in [-0.15, -0.1) is 0 Å². The number of nitrogens with zero attached hydrogens (tertiary/aromatic N) is 2. The monoisotopic (exact) mass is 353 g/mol. The van der Waals surface area contributed by atoms with Crippen molar-refractivity contribution in [2.45, 2.75) is 12.6 Å². The van der Waals surface area contributed by atoms with Gasteiger partial charge >= 0.3 is 0 Å². The summed E-state index contributed by atoms with van der Waals surface area (Å²) in [4.78, 5) is 50.0. The summed E-state index contributed by atoms with van der Waals surface area (Å²) in [5.74, 6) is -0.802. The average Bonchev–Trinajstić information content (AvgIpc) is 2.62. The summed E-state index contributed by atoms with van der Waals surface area (Å²) in [6.07, 6.45) is 0.621. The van der Waals surface area contributed by atoms with Crippen molar-refractivity contribution in [2.24, 2.45) is 0 Å². The average molecular weight is 353 g/mol. The third kappa shape index (κ3) is 9.75. The largest absolute Gasteiger partial charge is 0.358 e. The molecule has 3 N–H and O–H groups in total. The lowest BCUT2D eigenvalue weighted by Gasteiger charge is -2.23. The van der Waals surface area contributed by atoms with Crippen LogP contribution in [0.25, 0.3) is 0 Å². The smallest absolute Gasteiger partial charge is 0.239 e. The van der Waals surface area contributed by atoms with Gasteiger partial charge in [-0.05, 0) is 19.7 Å². The lowest BCUT2D eigenvalue weighted by Crippen LogP contribution is -2.46. The highest BCUT2D eigenvalue weighted by Gasteiger charge is 2.17. The molecular weight excluding hydrogens is 324 g/mol. The summed E-state index contributed by atoms with van der Waals surface area (Å²) in [5, 5.41) is 8.10. The summed E-state index contributed by atoms with van der Waals surface area (Å²) in [6.45, 7) is 1.46. The molecule has 140 valence electrons. The number of hydrogen-bond acceptors (Lipinski definition) is 5. The Hall–Kier alpha value is -2.03. The quantitative estimate of drug-likeness (QED) is 0.309. The van der Waals surface area contributed by atoms with Gasteiger partial charge in [0.25, 0.3) is 0 Å². The third-order valence-corrected chi connectivity index (χ3v) is 3.59. The standard InChI is InChI=1S/C14H29B2N5O4/c1-17-3-5-20(13(24)7-15)10-12(23)19-4-6-21(14(25)8-16)9-11(22)18-2/h17H,3-10,15-16H2,1-2H3,(H,18,22)(H,19,23). The number of rotatable bonds is 12. The summed E-state index contributed by atoms with van der Waals surface area (Å²) in [6, 6.07) is 0. The predicted octanol–water partition coefficient (Wildman–Crippen LogP) is -4.17. The lowest BCUT2D eigenvalue weighted by molar-refractivity contribution is -0.135. The van der Waals surface area contributed by atoms with E-state index in [1.54, 1.807) is 22.7 Å². The molecule has 25 heavy (non-hydrogen) atoms. The normalized spacial score (nSPS) is 10.0. The maximum Gasteiger partial charge on any atom is 0.239 e. The summed E-state index contributed by atoms with van der Waals surface area (Å²) in [7, 11) is 6.75. The number of amides is 4. The molecule has 0 aromatic rings. The van der Waals surface area contributed by atoms with Crippen LogP contribution < -0.4 is 16.0 Å². The number of carbonyl (C=O) groups excluding carboxylic acids is 4. The zero-order chi connectivity index (χ0) is 19.2. The third-order valence-electron chi connectivity index (χ3n) is 3.59. The second-order valence-electron chi connectivity index (χ2n) is 5.46. The Kier molecular flexibility index (Phi) is 12.2. The fourth-order valence-corrected chi connectivity index (χ4v) is 2.09. The minimum Gasteiger partial charge on any atom is -0.358 e. The molecule has 0 radical (unpaired) electrons. The zero-order valence-corrected chi connectivity index (χ0v) is 15.7. The maximum absolute atomic E-state index is 12.0. The molecular formula is C14H29B2N5O4. The van der Waals surface area contributed by atoms with Crippen LogP contribution in [-0.4, -0.2) is 102 Å². The molecule has 11 heteroatoms. The van der Waals surface area contributed by atoms with Crippen LogP contribution in [0.2, 0.25) is 12.6 Å². The van der Waals surface area contributed by atoms with Crippen molar-refractivity contribution in [2.75, 3.05) is 53.4 Å². The van der Waals surface area contributed by atoms with Crippen LogP contribution in [0, 0.1) is 0 Å². The first-order valence-corrected chi connectivity index (χ1v) is 8.56. The van der Waals surface area contributed by atoms with Crippen molar-refractivity contribution in [3.05, 3.63) is 0 Å². The number of nitrogens with one attached hydrogen (secondary N) is 3. The molecule has 0 unspecified atom stereocenters. The maximum atomic E-state index is 12.0. The Labute approximate surface area is 151 Å². The minimum absolute atomic E-state index is 0.0223. The van der Waals surface area contributed by atoms with Crippen molar-refractivity contribution < 1.29 is 19.2 Å². The van der Waals surface area contributed by atoms with Crippen LogP contribution >= 0.6 is 0 Å². The molecule has 0 bridgehead atoms. The van der Waals surface area contributed by atoms with E-state index >= 15 is 0 Å². The molecule has 0 aromatic carbocycles. The molecule has 9 nitrogen and oxygen atoms in total. The molecule has 0 heterocycles. The zero-order valence-electron chi connectivity index (χ0n) is 15.7. The lowest BCUT2D eigenvalue weighted by atomic mass is 10.0.